The van der Waals surface area contributed by atoms with Crippen molar-refractivity contribution in [3.63, 3.8) is 0 Å². The van der Waals surface area contributed by atoms with E-state index in [1.54, 1.807) is 18.2 Å². The molecule has 3 fully saturated rings. The number of amides is 2. The number of carbonyl (C=O) groups excluding carboxylic acids is 2. The molecule has 1 aliphatic carbocycles. The molecule has 43 heavy (non-hydrogen) atoms. The number of alkyl halides is 3. The zero-order valence-electron chi connectivity index (χ0n) is 24.6. The Bertz CT molecular complexity index is 1380. The van der Waals surface area contributed by atoms with Gasteiger partial charge in [-0.25, -0.2) is 13.5 Å². The van der Waals surface area contributed by atoms with Crippen LogP contribution in [0, 0.1) is 25.7 Å². The third kappa shape index (κ3) is 7.15. The lowest BCUT2D eigenvalue weighted by Crippen LogP contribution is -2.50. The number of aliphatic imine (C=N–C) groups is 1. The van der Waals surface area contributed by atoms with Crippen LogP contribution in [0.3, 0.4) is 0 Å². The Morgan fingerprint density at radius 1 is 1.12 bits per heavy atom. The molecular formula is C30H39F3N4O5S. The van der Waals surface area contributed by atoms with Crippen molar-refractivity contribution in [1.82, 2.24) is 14.7 Å². The maximum absolute atomic E-state index is 13.2. The number of rotatable bonds is 7. The summed E-state index contributed by atoms with van der Waals surface area (Å²) in [6, 6.07) is 3.47. The zero-order valence-corrected chi connectivity index (χ0v) is 25.4. The van der Waals surface area contributed by atoms with Gasteiger partial charge in [-0.3, -0.25) is 19.4 Å². The quantitative estimate of drug-likeness (QED) is 0.465. The molecule has 0 unspecified atom stereocenters. The van der Waals surface area contributed by atoms with Crippen LogP contribution in [0.1, 0.15) is 84.8 Å². The summed E-state index contributed by atoms with van der Waals surface area (Å²) in [5, 5.41) is 5.43. The van der Waals surface area contributed by atoms with Gasteiger partial charge in [-0.1, -0.05) is 0 Å². The average Bonchev–Trinajstić information content (AvgIpc) is 3.60. The Labute approximate surface area is 250 Å². The molecule has 2 saturated heterocycles. The van der Waals surface area contributed by atoms with E-state index in [-0.39, 0.29) is 56.0 Å². The van der Waals surface area contributed by atoms with Crippen LogP contribution in [0.4, 0.5) is 13.2 Å². The van der Waals surface area contributed by atoms with Gasteiger partial charge in [0.2, 0.25) is 10.0 Å². The molecule has 0 radical (unpaired) electrons. The number of benzene rings is 1. The van der Waals surface area contributed by atoms with Crippen LogP contribution >= 0.6 is 0 Å². The van der Waals surface area contributed by atoms with Crippen molar-refractivity contribution in [3.05, 3.63) is 39.8 Å². The molecule has 1 spiro atoms. The topological polar surface area (TPSA) is 108 Å². The van der Waals surface area contributed by atoms with E-state index in [2.05, 4.69) is 5.32 Å². The van der Waals surface area contributed by atoms with E-state index in [4.69, 9.17) is 9.83 Å². The molecule has 9 nitrogen and oxygen atoms in total. The van der Waals surface area contributed by atoms with Crippen molar-refractivity contribution in [2.45, 2.75) is 83.4 Å². The molecule has 13 heteroatoms. The largest absolute Gasteiger partial charge is 0.389 e. The van der Waals surface area contributed by atoms with Crippen molar-refractivity contribution >= 4 is 33.7 Å². The average molecular weight is 625 g/mol. The van der Waals surface area contributed by atoms with E-state index in [1.165, 1.54) is 14.8 Å². The third-order valence-electron chi connectivity index (χ3n) is 9.20. The molecule has 1 aromatic carbocycles. The number of nitrogens with zero attached hydrogens (tertiary/aromatic N) is 3. The van der Waals surface area contributed by atoms with Crippen LogP contribution in [0.2, 0.25) is 0 Å². The van der Waals surface area contributed by atoms with Crippen LogP contribution < -0.4 is 5.32 Å². The molecule has 3 aliphatic heterocycles. The SMILES string of the molecule is Cc1cc(C(=O)N2CCCO2)cc(C)c1C=CS(=O)(=O)N1CCC2(CC1)N=C(C1CCC(CCC(F)(F)F)CC1)NC2=O. The Kier molecular flexibility index (Phi) is 9.06. The van der Waals surface area contributed by atoms with Gasteiger partial charge in [0.15, 0.2) is 0 Å². The minimum atomic E-state index is -4.14. The van der Waals surface area contributed by atoms with E-state index < -0.39 is 28.2 Å². The van der Waals surface area contributed by atoms with Crippen molar-refractivity contribution in [2.24, 2.45) is 16.8 Å². The van der Waals surface area contributed by atoms with Gasteiger partial charge in [-0.2, -0.15) is 17.5 Å². The number of amidine groups is 1. The predicted octanol–water partition coefficient (Wildman–Crippen LogP) is 4.89. The van der Waals surface area contributed by atoms with Gasteiger partial charge in [0.1, 0.15) is 11.4 Å². The van der Waals surface area contributed by atoms with Gasteiger partial charge in [0.05, 0.1) is 13.2 Å². The fourth-order valence-electron chi connectivity index (χ4n) is 6.63. The van der Waals surface area contributed by atoms with Gasteiger partial charge in [0, 0.05) is 36.4 Å². The first-order chi connectivity index (χ1) is 20.3. The van der Waals surface area contributed by atoms with Gasteiger partial charge in [0.25, 0.3) is 11.8 Å². The van der Waals surface area contributed by atoms with E-state index in [0.717, 1.165) is 17.5 Å². The first-order valence-corrected chi connectivity index (χ1v) is 16.5. The molecule has 1 saturated carbocycles. The second kappa shape index (κ2) is 12.3. The monoisotopic (exact) mass is 624 g/mol. The lowest BCUT2D eigenvalue weighted by molar-refractivity contribution is -0.138. The lowest BCUT2D eigenvalue weighted by atomic mass is 9.79. The number of aryl methyl sites for hydroxylation is 2. The number of nitrogens with one attached hydrogen (secondary N) is 1. The standard InChI is InChI=1S/C30H39F3N4O5S/c1-20-18-24(27(38)37-13-3-16-42-37)19-21(2)25(20)9-17-43(40,41)36-14-11-29(12-15-36)28(39)34-26(35-29)23-6-4-22(5-7-23)8-10-30(31,32)33/h9,17-19,22-23H,3-8,10-16H2,1-2H3,(H,34,35,39). The number of piperidine rings is 1. The second-order valence-corrected chi connectivity index (χ2v) is 14.0. The van der Waals surface area contributed by atoms with Gasteiger partial charge >= 0.3 is 6.18 Å². The van der Waals surface area contributed by atoms with Crippen LogP contribution in [0.25, 0.3) is 6.08 Å². The first-order valence-electron chi connectivity index (χ1n) is 15.0. The molecule has 1 aromatic rings. The van der Waals surface area contributed by atoms with Crippen molar-refractivity contribution < 1.29 is 36.0 Å². The summed E-state index contributed by atoms with van der Waals surface area (Å²) in [7, 11) is -3.78. The van der Waals surface area contributed by atoms with Crippen molar-refractivity contribution in [3.8, 4) is 0 Å². The molecule has 0 atom stereocenters. The zero-order chi connectivity index (χ0) is 31.0. The van der Waals surface area contributed by atoms with E-state index in [1.807, 2.05) is 13.8 Å². The lowest BCUT2D eigenvalue weighted by Gasteiger charge is -2.34. The maximum atomic E-state index is 13.2. The smallest absolute Gasteiger partial charge is 0.312 e. The molecule has 0 bridgehead atoms. The Morgan fingerprint density at radius 3 is 2.35 bits per heavy atom. The van der Waals surface area contributed by atoms with Crippen LogP contribution in [-0.4, -0.2) is 73.4 Å². The molecule has 2 amide bonds. The summed E-state index contributed by atoms with van der Waals surface area (Å²) >= 11 is 0. The Balaban J connectivity index is 1.18. The number of hydrogen-bond donors (Lipinski definition) is 1. The Hall–Kier alpha value is -2.77. The van der Waals surface area contributed by atoms with Crippen molar-refractivity contribution in [2.75, 3.05) is 26.2 Å². The highest BCUT2D eigenvalue weighted by molar-refractivity contribution is 7.92. The predicted molar refractivity (Wildman–Crippen MR) is 155 cm³/mol. The van der Waals surface area contributed by atoms with E-state index >= 15 is 0 Å². The number of carbonyl (C=O) groups is 2. The van der Waals surface area contributed by atoms with Gasteiger partial charge < -0.3 is 5.32 Å². The second-order valence-electron chi connectivity index (χ2n) is 12.2. The molecule has 3 heterocycles. The summed E-state index contributed by atoms with van der Waals surface area (Å²) in [6.07, 6.45) is 0.788. The summed E-state index contributed by atoms with van der Waals surface area (Å²) in [5.41, 5.74) is 1.74. The molecule has 0 aromatic heterocycles. The molecular weight excluding hydrogens is 585 g/mol. The fraction of sp³-hybridized carbons (Fsp3) is 0.633. The molecule has 4 aliphatic rings. The molecule has 1 N–H and O–H groups in total. The highest BCUT2D eigenvalue weighted by Gasteiger charge is 2.48. The van der Waals surface area contributed by atoms with E-state index in [0.29, 0.717) is 55.8 Å². The third-order valence-corrected chi connectivity index (χ3v) is 10.8. The summed E-state index contributed by atoms with van der Waals surface area (Å²) in [5.74, 6) is 0.188. The van der Waals surface area contributed by atoms with Crippen LogP contribution in [0.5, 0.6) is 0 Å². The number of sulfonamides is 1. The van der Waals surface area contributed by atoms with Crippen LogP contribution in [0.15, 0.2) is 22.5 Å². The highest BCUT2D eigenvalue weighted by Crippen LogP contribution is 2.38. The van der Waals surface area contributed by atoms with Crippen LogP contribution in [-0.2, 0) is 19.7 Å². The molecule has 5 rings (SSSR count). The van der Waals surface area contributed by atoms with E-state index in [9.17, 15) is 31.2 Å². The fourth-order valence-corrected chi connectivity index (χ4v) is 7.80. The molecule has 236 valence electrons. The maximum Gasteiger partial charge on any atom is 0.389 e. The normalized spacial score (nSPS) is 25.0. The summed E-state index contributed by atoms with van der Waals surface area (Å²) in [4.78, 5) is 35.9. The first kappa shape index (κ1) is 31.6. The number of hydroxylamine groups is 2. The van der Waals surface area contributed by atoms with Crippen molar-refractivity contribution in [1.29, 1.82) is 0 Å². The summed E-state index contributed by atoms with van der Waals surface area (Å²) < 4.78 is 65.6. The number of halogens is 3. The van der Waals surface area contributed by atoms with Gasteiger partial charge in [-0.05, 0) is 106 Å². The minimum absolute atomic E-state index is 0.00574. The minimum Gasteiger partial charge on any atom is -0.312 e. The highest BCUT2D eigenvalue weighted by atomic mass is 32.2. The summed E-state index contributed by atoms with van der Waals surface area (Å²) in [6.45, 7) is 4.99. The number of hydrogen-bond acceptors (Lipinski definition) is 6. The Morgan fingerprint density at radius 2 is 1.77 bits per heavy atom. The van der Waals surface area contributed by atoms with Gasteiger partial charge in [-0.15, -0.1) is 0 Å².